The van der Waals surface area contributed by atoms with Crippen LogP contribution in [0.1, 0.15) is 29.3 Å². The fraction of sp³-hybridized carbons (Fsp3) is 0.263. The van der Waals surface area contributed by atoms with Gasteiger partial charge in [-0.2, -0.15) is 0 Å². The number of esters is 1. The number of thiocarbonyl (C=S) groups is 1. The number of hydrogen-bond donors (Lipinski definition) is 2. The number of ether oxygens (including phenoxy) is 1. The Morgan fingerprint density at radius 3 is 2.68 bits per heavy atom. The van der Waals surface area contributed by atoms with Gasteiger partial charge in [-0.3, -0.25) is 0 Å². The molecule has 2 rings (SSSR count). The number of nitrogens with one attached hydrogen (secondary N) is 2. The molecule has 0 aromatic heterocycles. The smallest absolute Gasteiger partial charge is 0.338 e. The zero-order valence-corrected chi connectivity index (χ0v) is 15.6. The maximum absolute atomic E-state index is 11.7. The predicted molar refractivity (Wildman–Crippen MR) is 106 cm³/mol. The van der Waals surface area contributed by atoms with E-state index < -0.39 is 0 Å². The van der Waals surface area contributed by atoms with Gasteiger partial charge in [0.05, 0.1) is 12.2 Å². The van der Waals surface area contributed by atoms with Crippen molar-refractivity contribution in [1.82, 2.24) is 5.32 Å². The molecule has 0 saturated carbocycles. The third-order valence-corrected chi connectivity index (χ3v) is 3.97. The van der Waals surface area contributed by atoms with Gasteiger partial charge in [-0.05, 0) is 67.9 Å². The summed E-state index contributed by atoms with van der Waals surface area (Å²) in [5, 5.41) is 7.52. The molecule has 25 heavy (non-hydrogen) atoms. The molecule has 0 aliphatic heterocycles. The van der Waals surface area contributed by atoms with E-state index in [-0.39, 0.29) is 5.97 Å². The van der Waals surface area contributed by atoms with Crippen LogP contribution in [0.2, 0.25) is 5.02 Å². The largest absolute Gasteiger partial charge is 0.462 e. The third-order valence-electron chi connectivity index (χ3n) is 3.47. The first kappa shape index (κ1) is 19.2. The Hall–Kier alpha value is -2.11. The minimum Gasteiger partial charge on any atom is -0.462 e. The third kappa shape index (κ3) is 6.72. The average Bonchev–Trinajstić information content (AvgIpc) is 2.61. The van der Waals surface area contributed by atoms with Crippen molar-refractivity contribution in [3.63, 3.8) is 0 Å². The second-order valence-corrected chi connectivity index (χ2v) is 6.26. The molecule has 0 fully saturated rings. The summed E-state index contributed by atoms with van der Waals surface area (Å²) in [4.78, 5) is 11.7. The summed E-state index contributed by atoms with van der Waals surface area (Å²) in [6.07, 6.45) is 1.90. The van der Waals surface area contributed by atoms with Crippen molar-refractivity contribution in [2.75, 3.05) is 18.5 Å². The van der Waals surface area contributed by atoms with Gasteiger partial charge < -0.3 is 15.4 Å². The zero-order valence-electron chi connectivity index (χ0n) is 14.0. The van der Waals surface area contributed by atoms with Gasteiger partial charge in [0.25, 0.3) is 0 Å². The normalized spacial score (nSPS) is 10.2. The summed E-state index contributed by atoms with van der Waals surface area (Å²) < 4.78 is 4.99. The molecule has 0 amide bonds. The first-order chi connectivity index (χ1) is 12.1. The van der Waals surface area contributed by atoms with E-state index >= 15 is 0 Å². The Morgan fingerprint density at radius 1 is 1.20 bits per heavy atom. The Kier molecular flexibility index (Phi) is 7.70. The van der Waals surface area contributed by atoms with Crippen LogP contribution in [0.4, 0.5) is 5.69 Å². The van der Waals surface area contributed by atoms with Crippen LogP contribution in [-0.2, 0) is 11.2 Å². The van der Waals surface area contributed by atoms with Crippen molar-refractivity contribution in [3.05, 3.63) is 64.7 Å². The molecule has 6 heteroatoms. The molecule has 4 nitrogen and oxygen atoms in total. The molecule has 0 radical (unpaired) electrons. The topological polar surface area (TPSA) is 50.4 Å². The van der Waals surface area contributed by atoms with Gasteiger partial charge >= 0.3 is 5.97 Å². The van der Waals surface area contributed by atoms with Crippen molar-refractivity contribution in [2.24, 2.45) is 0 Å². The Labute approximate surface area is 158 Å². The zero-order chi connectivity index (χ0) is 18.1. The predicted octanol–water partition coefficient (Wildman–Crippen LogP) is 4.44. The standard InChI is InChI=1S/C19H21ClN2O2S/c1-2-24-18(23)15-6-3-7-17(13-15)22-19(25)21-12-4-5-14-8-10-16(20)11-9-14/h3,6-11,13H,2,4-5,12H2,1H3,(H2,21,22,25). The molecular formula is C19H21ClN2O2S. The molecule has 0 saturated heterocycles. The molecule has 2 aromatic rings. The minimum atomic E-state index is -0.340. The van der Waals surface area contributed by atoms with E-state index in [1.165, 1.54) is 5.56 Å². The van der Waals surface area contributed by atoms with Crippen molar-refractivity contribution >= 4 is 40.6 Å². The fourth-order valence-corrected chi connectivity index (χ4v) is 2.61. The molecular weight excluding hydrogens is 356 g/mol. The second kappa shape index (κ2) is 10.0. The fourth-order valence-electron chi connectivity index (χ4n) is 2.26. The lowest BCUT2D eigenvalue weighted by Gasteiger charge is -2.11. The summed E-state index contributed by atoms with van der Waals surface area (Å²) in [6, 6.07) is 14.9. The number of carbonyl (C=O) groups excluding carboxylic acids is 1. The minimum absolute atomic E-state index is 0.340. The van der Waals surface area contributed by atoms with Crippen LogP contribution < -0.4 is 10.6 Å². The van der Waals surface area contributed by atoms with Gasteiger partial charge in [-0.1, -0.05) is 29.8 Å². The molecule has 0 heterocycles. The van der Waals surface area contributed by atoms with Crippen molar-refractivity contribution in [3.8, 4) is 0 Å². The van der Waals surface area contributed by atoms with E-state index in [1.807, 2.05) is 30.3 Å². The van der Waals surface area contributed by atoms with E-state index in [9.17, 15) is 4.79 Å². The summed E-state index contributed by atoms with van der Waals surface area (Å²) in [7, 11) is 0. The van der Waals surface area contributed by atoms with Gasteiger partial charge in [-0.15, -0.1) is 0 Å². The van der Waals surface area contributed by atoms with E-state index in [1.54, 1.807) is 25.1 Å². The van der Waals surface area contributed by atoms with E-state index in [2.05, 4.69) is 10.6 Å². The summed E-state index contributed by atoms with van der Waals surface area (Å²) in [6.45, 7) is 2.89. The van der Waals surface area contributed by atoms with Gasteiger partial charge in [0, 0.05) is 17.3 Å². The number of aryl methyl sites for hydroxylation is 1. The Bertz CT molecular complexity index is 720. The van der Waals surface area contributed by atoms with Gasteiger partial charge in [0.2, 0.25) is 0 Å². The Balaban J connectivity index is 1.75. The molecule has 0 atom stereocenters. The van der Waals surface area contributed by atoms with Gasteiger partial charge in [-0.25, -0.2) is 4.79 Å². The van der Waals surface area contributed by atoms with Crippen molar-refractivity contribution in [1.29, 1.82) is 0 Å². The maximum Gasteiger partial charge on any atom is 0.338 e. The summed E-state index contributed by atoms with van der Waals surface area (Å²) >= 11 is 11.2. The quantitative estimate of drug-likeness (QED) is 0.425. The molecule has 0 aliphatic carbocycles. The molecule has 132 valence electrons. The number of halogens is 1. The van der Waals surface area contributed by atoms with E-state index in [0.717, 1.165) is 30.1 Å². The van der Waals surface area contributed by atoms with Crippen LogP contribution in [0.15, 0.2) is 48.5 Å². The molecule has 0 aliphatic rings. The van der Waals surface area contributed by atoms with E-state index in [4.69, 9.17) is 28.6 Å². The lowest BCUT2D eigenvalue weighted by Crippen LogP contribution is -2.29. The van der Waals surface area contributed by atoms with Gasteiger partial charge in [0.15, 0.2) is 5.11 Å². The highest BCUT2D eigenvalue weighted by molar-refractivity contribution is 7.80. The first-order valence-electron chi connectivity index (χ1n) is 8.15. The lowest BCUT2D eigenvalue weighted by atomic mass is 10.1. The molecule has 2 aromatic carbocycles. The lowest BCUT2D eigenvalue weighted by molar-refractivity contribution is 0.0526. The van der Waals surface area contributed by atoms with Crippen LogP contribution in [0.3, 0.4) is 0 Å². The second-order valence-electron chi connectivity index (χ2n) is 5.41. The summed E-state index contributed by atoms with van der Waals surface area (Å²) in [5.74, 6) is -0.340. The van der Waals surface area contributed by atoms with Crippen LogP contribution in [0, 0.1) is 0 Å². The summed E-state index contributed by atoms with van der Waals surface area (Å²) in [5.41, 5.74) is 2.49. The van der Waals surface area contributed by atoms with Crippen molar-refractivity contribution in [2.45, 2.75) is 19.8 Å². The van der Waals surface area contributed by atoms with Crippen LogP contribution in [-0.4, -0.2) is 24.2 Å². The number of benzene rings is 2. The van der Waals surface area contributed by atoms with Crippen LogP contribution >= 0.6 is 23.8 Å². The highest BCUT2D eigenvalue weighted by Gasteiger charge is 2.07. The van der Waals surface area contributed by atoms with Gasteiger partial charge in [0.1, 0.15) is 0 Å². The maximum atomic E-state index is 11.7. The molecule has 0 unspecified atom stereocenters. The van der Waals surface area contributed by atoms with Crippen LogP contribution in [0.5, 0.6) is 0 Å². The Morgan fingerprint density at radius 2 is 1.96 bits per heavy atom. The monoisotopic (exact) mass is 376 g/mol. The molecule has 0 spiro atoms. The van der Waals surface area contributed by atoms with E-state index in [0.29, 0.717) is 17.3 Å². The van der Waals surface area contributed by atoms with Crippen molar-refractivity contribution < 1.29 is 9.53 Å². The highest BCUT2D eigenvalue weighted by Crippen LogP contribution is 2.12. The molecule has 0 bridgehead atoms. The number of rotatable bonds is 7. The van der Waals surface area contributed by atoms with Crippen LogP contribution in [0.25, 0.3) is 0 Å². The number of anilines is 1. The SMILES string of the molecule is CCOC(=O)c1cccc(NC(=S)NCCCc2ccc(Cl)cc2)c1. The average molecular weight is 377 g/mol. The highest BCUT2D eigenvalue weighted by atomic mass is 35.5. The first-order valence-corrected chi connectivity index (χ1v) is 8.93. The number of hydrogen-bond acceptors (Lipinski definition) is 3. The number of carbonyl (C=O) groups is 1. The molecule has 2 N–H and O–H groups in total.